The largest absolute Gasteiger partial charge is 0.449 e. The van der Waals surface area contributed by atoms with Crippen LogP contribution in [0.5, 0.6) is 0 Å². The van der Waals surface area contributed by atoms with E-state index in [1.54, 1.807) is 30.5 Å². The predicted octanol–water partition coefficient (Wildman–Crippen LogP) is 4.49. The SMILES string of the molecule is Cc1ccc(NC(=O)[C@H](C)OC(=O)c2cccc3cccnc23)c(Br)c1. The van der Waals surface area contributed by atoms with Crippen LogP contribution >= 0.6 is 15.9 Å². The molecule has 0 spiro atoms. The van der Waals surface area contributed by atoms with Crippen molar-refractivity contribution >= 4 is 44.4 Å². The summed E-state index contributed by atoms with van der Waals surface area (Å²) in [4.78, 5) is 29.1. The monoisotopic (exact) mass is 412 g/mol. The molecule has 0 aliphatic heterocycles. The fourth-order valence-corrected chi connectivity index (χ4v) is 3.09. The zero-order valence-corrected chi connectivity index (χ0v) is 15.9. The number of nitrogens with one attached hydrogen (secondary N) is 1. The highest BCUT2D eigenvalue weighted by Crippen LogP contribution is 2.24. The molecule has 6 heteroatoms. The van der Waals surface area contributed by atoms with Gasteiger partial charge >= 0.3 is 5.97 Å². The Bertz CT molecular complexity index is 982. The van der Waals surface area contributed by atoms with Crippen molar-refractivity contribution in [2.75, 3.05) is 5.32 Å². The number of esters is 1. The smallest absolute Gasteiger partial charge is 0.341 e. The minimum atomic E-state index is -0.949. The van der Waals surface area contributed by atoms with Gasteiger partial charge < -0.3 is 10.1 Å². The van der Waals surface area contributed by atoms with Gasteiger partial charge in [-0.25, -0.2) is 4.79 Å². The van der Waals surface area contributed by atoms with Crippen molar-refractivity contribution in [2.24, 2.45) is 0 Å². The number of halogens is 1. The molecular formula is C20H17BrN2O3. The fourth-order valence-electron chi connectivity index (χ4n) is 2.50. The van der Waals surface area contributed by atoms with Crippen LogP contribution in [0.4, 0.5) is 5.69 Å². The molecule has 0 fully saturated rings. The Labute approximate surface area is 159 Å². The molecule has 0 aliphatic carbocycles. The molecular weight excluding hydrogens is 396 g/mol. The first kappa shape index (κ1) is 18.1. The first-order valence-corrected chi connectivity index (χ1v) is 8.87. The zero-order valence-electron chi connectivity index (χ0n) is 14.3. The number of amides is 1. The summed E-state index contributed by atoms with van der Waals surface area (Å²) < 4.78 is 6.10. The standard InChI is InChI=1S/C20H17BrN2O3/c1-12-8-9-17(16(21)11-12)23-19(24)13(2)26-20(25)15-7-3-5-14-6-4-10-22-18(14)15/h3-11,13H,1-2H3,(H,23,24)/t13-/m0/s1. The Morgan fingerprint density at radius 3 is 2.69 bits per heavy atom. The van der Waals surface area contributed by atoms with Crippen LogP contribution in [0.3, 0.4) is 0 Å². The summed E-state index contributed by atoms with van der Waals surface area (Å²) in [7, 11) is 0. The van der Waals surface area contributed by atoms with Crippen molar-refractivity contribution in [3.8, 4) is 0 Å². The number of hydrogen-bond acceptors (Lipinski definition) is 4. The number of carbonyl (C=O) groups excluding carboxylic acids is 2. The van der Waals surface area contributed by atoms with Crippen molar-refractivity contribution in [3.05, 3.63) is 70.3 Å². The van der Waals surface area contributed by atoms with Crippen LogP contribution in [0.2, 0.25) is 0 Å². The third-order valence-electron chi connectivity index (χ3n) is 3.89. The molecule has 0 radical (unpaired) electrons. The fraction of sp³-hybridized carbons (Fsp3) is 0.150. The number of ether oxygens (including phenoxy) is 1. The Morgan fingerprint density at radius 2 is 1.92 bits per heavy atom. The summed E-state index contributed by atoms with van der Waals surface area (Å²) in [6.07, 6.45) is 0.666. The van der Waals surface area contributed by atoms with Crippen LogP contribution in [0.15, 0.2) is 59.2 Å². The Kier molecular flexibility index (Phi) is 5.32. The van der Waals surface area contributed by atoms with Crippen molar-refractivity contribution in [1.29, 1.82) is 0 Å². The lowest BCUT2D eigenvalue weighted by molar-refractivity contribution is -0.123. The number of carbonyl (C=O) groups is 2. The van der Waals surface area contributed by atoms with E-state index in [4.69, 9.17) is 4.74 Å². The van der Waals surface area contributed by atoms with E-state index >= 15 is 0 Å². The molecule has 132 valence electrons. The first-order valence-electron chi connectivity index (χ1n) is 8.07. The highest BCUT2D eigenvalue weighted by Gasteiger charge is 2.21. The predicted molar refractivity (Wildman–Crippen MR) is 104 cm³/mol. The maximum atomic E-state index is 12.5. The van der Waals surface area contributed by atoms with Crippen LogP contribution < -0.4 is 5.32 Å². The number of anilines is 1. The van der Waals surface area contributed by atoms with Crippen LogP contribution in [0.1, 0.15) is 22.8 Å². The molecule has 26 heavy (non-hydrogen) atoms. The van der Waals surface area contributed by atoms with E-state index in [1.807, 2.05) is 31.2 Å². The molecule has 1 heterocycles. The summed E-state index contributed by atoms with van der Waals surface area (Å²) in [5.74, 6) is -0.990. The summed E-state index contributed by atoms with van der Waals surface area (Å²) in [6, 6.07) is 14.5. The van der Waals surface area contributed by atoms with Gasteiger partial charge in [0.15, 0.2) is 6.10 Å². The van der Waals surface area contributed by atoms with Crippen molar-refractivity contribution < 1.29 is 14.3 Å². The Morgan fingerprint density at radius 1 is 1.15 bits per heavy atom. The number of aryl methyl sites for hydroxylation is 1. The maximum Gasteiger partial charge on any atom is 0.341 e. The van der Waals surface area contributed by atoms with Gasteiger partial charge in [-0.05, 0) is 59.6 Å². The lowest BCUT2D eigenvalue weighted by Gasteiger charge is -2.15. The molecule has 3 aromatic rings. The second-order valence-corrected chi connectivity index (χ2v) is 6.76. The van der Waals surface area contributed by atoms with Crippen LogP contribution in [0, 0.1) is 6.92 Å². The van der Waals surface area contributed by atoms with Gasteiger partial charge in [-0.1, -0.05) is 24.3 Å². The molecule has 0 aliphatic rings. The van der Waals surface area contributed by atoms with Gasteiger partial charge in [0.2, 0.25) is 0 Å². The zero-order chi connectivity index (χ0) is 18.7. The molecule has 0 saturated heterocycles. The van der Waals surface area contributed by atoms with Gasteiger partial charge in [-0.3, -0.25) is 9.78 Å². The summed E-state index contributed by atoms with van der Waals surface area (Å²) in [6.45, 7) is 3.49. The molecule has 0 unspecified atom stereocenters. The van der Waals surface area contributed by atoms with E-state index in [0.29, 0.717) is 16.8 Å². The van der Waals surface area contributed by atoms with Crippen molar-refractivity contribution in [1.82, 2.24) is 4.98 Å². The molecule has 1 aromatic heterocycles. The van der Waals surface area contributed by atoms with E-state index in [2.05, 4.69) is 26.2 Å². The lowest BCUT2D eigenvalue weighted by atomic mass is 10.1. The summed E-state index contributed by atoms with van der Waals surface area (Å²) in [5, 5.41) is 3.59. The Balaban J connectivity index is 1.73. The van der Waals surface area contributed by atoms with Crippen LogP contribution in [-0.2, 0) is 9.53 Å². The summed E-state index contributed by atoms with van der Waals surface area (Å²) in [5.41, 5.74) is 2.57. The number of aromatic nitrogens is 1. The second kappa shape index (κ2) is 7.66. The van der Waals surface area contributed by atoms with Gasteiger partial charge in [0, 0.05) is 16.1 Å². The molecule has 1 N–H and O–H groups in total. The number of para-hydroxylation sites is 1. The average Bonchev–Trinajstić information content (AvgIpc) is 2.63. The molecule has 2 aromatic carbocycles. The highest BCUT2D eigenvalue weighted by atomic mass is 79.9. The third-order valence-corrected chi connectivity index (χ3v) is 4.54. The molecule has 1 amide bonds. The number of rotatable bonds is 4. The number of pyridine rings is 1. The third kappa shape index (κ3) is 3.91. The van der Waals surface area contributed by atoms with Crippen molar-refractivity contribution in [3.63, 3.8) is 0 Å². The first-order chi connectivity index (χ1) is 12.5. The molecule has 1 atom stereocenters. The second-order valence-electron chi connectivity index (χ2n) is 5.90. The van der Waals surface area contributed by atoms with E-state index in [9.17, 15) is 9.59 Å². The van der Waals surface area contributed by atoms with E-state index in [1.165, 1.54) is 6.92 Å². The topological polar surface area (TPSA) is 68.3 Å². The van der Waals surface area contributed by atoms with Crippen LogP contribution in [0.25, 0.3) is 10.9 Å². The quantitative estimate of drug-likeness (QED) is 0.640. The lowest BCUT2D eigenvalue weighted by Crippen LogP contribution is -2.30. The van der Waals surface area contributed by atoms with Gasteiger partial charge in [-0.15, -0.1) is 0 Å². The number of hydrogen-bond donors (Lipinski definition) is 1. The van der Waals surface area contributed by atoms with E-state index in [-0.39, 0.29) is 0 Å². The van der Waals surface area contributed by atoms with E-state index in [0.717, 1.165) is 15.4 Å². The highest BCUT2D eigenvalue weighted by molar-refractivity contribution is 9.10. The minimum absolute atomic E-state index is 0.333. The maximum absolute atomic E-state index is 12.5. The van der Waals surface area contributed by atoms with E-state index < -0.39 is 18.0 Å². The van der Waals surface area contributed by atoms with Gasteiger partial charge in [-0.2, -0.15) is 0 Å². The van der Waals surface area contributed by atoms with Crippen LogP contribution in [-0.4, -0.2) is 23.0 Å². The minimum Gasteiger partial charge on any atom is -0.449 e. The molecule has 0 saturated carbocycles. The molecule has 0 bridgehead atoms. The Hall–Kier alpha value is -2.73. The average molecular weight is 413 g/mol. The molecule has 3 rings (SSSR count). The van der Waals surface area contributed by atoms with Gasteiger partial charge in [0.05, 0.1) is 16.8 Å². The number of fused-ring (bicyclic) bond motifs is 1. The molecule has 5 nitrogen and oxygen atoms in total. The summed E-state index contributed by atoms with van der Waals surface area (Å²) >= 11 is 3.41. The number of nitrogens with zero attached hydrogens (tertiary/aromatic N) is 1. The van der Waals surface area contributed by atoms with Crippen molar-refractivity contribution in [2.45, 2.75) is 20.0 Å². The van der Waals surface area contributed by atoms with Gasteiger partial charge in [0.25, 0.3) is 5.91 Å². The normalized spacial score (nSPS) is 11.8. The number of benzene rings is 2. The van der Waals surface area contributed by atoms with Gasteiger partial charge in [0.1, 0.15) is 0 Å².